The molecule has 4 nitrogen and oxygen atoms in total. The molecule has 1 atom stereocenters. The molecule has 13 heavy (non-hydrogen) atoms. The molecule has 0 radical (unpaired) electrons. The van der Waals surface area contributed by atoms with Crippen LogP contribution in [0.25, 0.3) is 0 Å². The van der Waals surface area contributed by atoms with Gasteiger partial charge in [-0.15, -0.1) is 0 Å². The van der Waals surface area contributed by atoms with Gasteiger partial charge in [-0.05, 0) is 18.8 Å². The first-order valence-electron chi connectivity index (χ1n) is 4.70. The quantitative estimate of drug-likeness (QED) is 0.670. The Morgan fingerprint density at radius 2 is 1.85 bits per heavy atom. The third-order valence-electron chi connectivity index (χ3n) is 2.66. The molecule has 1 aliphatic carbocycles. The molecule has 0 aromatic rings. The summed E-state index contributed by atoms with van der Waals surface area (Å²) in [5, 5.41) is 0. The van der Waals surface area contributed by atoms with E-state index in [1.54, 1.807) is 0 Å². The summed E-state index contributed by atoms with van der Waals surface area (Å²) in [6, 6.07) is -0.393. The first-order chi connectivity index (χ1) is 5.99. The SMILES string of the molecule is N[C@@H](CS(=O)(=O)O)C1CCCCC1. The van der Waals surface area contributed by atoms with E-state index in [1.807, 2.05) is 0 Å². The smallest absolute Gasteiger partial charge is 0.266 e. The molecular formula is C8H17NO3S. The number of rotatable bonds is 3. The summed E-state index contributed by atoms with van der Waals surface area (Å²) in [5.74, 6) is -0.0202. The molecule has 1 fully saturated rings. The zero-order valence-corrected chi connectivity index (χ0v) is 8.46. The van der Waals surface area contributed by atoms with Gasteiger partial charge in [0.25, 0.3) is 10.1 Å². The Hall–Kier alpha value is -0.130. The van der Waals surface area contributed by atoms with Crippen molar-refractivity contribution < 1.29 is 13.0 Å². The van der Waals surface area contributed by atoms with Gasteiger partial charge in [0.1, 0.15) is 0 Å². The van der Waals surface area contributed by atoms with Crippen LogP contribution in [-0.4, -0.2) is 24.8 Å². The van der Waals surface area contributed by atoms with Crippen molar-refractivity contribution in [3.8, 4) is 0 Å². The highest BCUT2D eigenvalue weighted by Crippen LogP contribution is 2.25. The Morgan fingerprint density at radius 3 is 2.31 bits per heavy atom. The summed E-state index contributed by atoms with van der Waals surface area (Å²) in [5.41, 5.74) is 5.70. The molecule has 0 spiro atoms. The van der Waals surface area contributed by atoms with Gasteiger partial charge in [0.2, 0.25) is 0 Å². The molecule has 0 aromatic carbocycles. The predicted octanol–water partition coefficient (Wildman–Crippen LogP) is 0.782. The van der Waals surface area contributed by atoms with Crippen LogP contribution in [0.15, 0.2) is 0 Å². The van der Waals surface area contributed by atoms with Crippen LogP contribution in [0.1, 0.15) is 32.1 Å². The third kappa shape index (κ3) is 4.06. The molecule has 0 amide bonds. The normalized spacial score (nSPS) is 22.9. The second-order valence-corrected chi connectivity index (χ2v) is 5.31. The largest absolute Gasteiger partial charge is 0.326 e. The van der Waals surface area contributed by atoms with E-state index in [9.17, 15) is 8.42 Å². The maximum atomic E-state index is 10.6. The van der Waals surface area contributed by atoms with Crippen molar-refractivity contribution in [2.24, 2.45) is 11.7 Å². The second kappa shape index (κ2) is 4.39. The van der Waals surface area contributed by atoms with Crippen molar-refractivity contribution in [2.75, 3.05) is 5.75 Å². The maximum Gasteiger partial charge on any atom is 0.266 e. The fourth-order valence-electron chi connectivity index (χ4n) is 1.94. The van der Waals surface area contributed by atoms with Crippen LogP contribution >= 0.6 is 0 Å². The van der Waals surface area contributed by atoms with Gasteiger partial charge >= 0.3 is 0 Å². The Kier molecular flexibility index (Phi) is 3.70. The number of nitrogens with two attached hydrogens (primary N) is 1. The number of hydrogen-bond donors (Lipinski definition) is 2. The summed E-state index contributed by atoms with van der Waals surface area (Å²) in [6.07, 6.45) is 5.47. The molecule has 0 saturated heterocycles. The van der Waals surface area contributed by atoms with Gasteiger partial charge in [-0.3, -0.25) is 4.55 Å². The molecular weight excluding hydrogens is 190 g/mol. The zero-order chi connectivity index (χ0) is 9.90. The van der Waals surface area contributed by atoms with E-state index >= 15 is 0 Å². The summed E-state index contributed by atoms with van der Waals surface area (Å²) >= 11 is 0. The molecule has 1 aliphatic rings. The summed E-state index contributed by atoms with van der Waals surface area (Å²) in [7, 11) is -3.90. The lowest BCUT2D eigenvalue weighted by molar-refractivity contribution is 0.314. The van der Waals surface area contributed by atoms with Crippen LogP contribution in [0.3, 0.4) is 0 Å². The van der Waals surface area contributed by atoms with Gasteiger partial charge in [0, 0.05) is 6.04 Å². The van der Waals surface area contributed by atoms with E-state index in [0.717, 1.165) is 25.7 Å². The second-order valence-electron chi connectivity index (χ2n) is 3.81. The van der Waals surface area contributed by atoms with Crippen molar-refractivity contribution in [2.45, 2.75) is 38.1 Å². The van der Waals surface area contributed by atoms with Gasteiger partial charge < -0.3 is 5.73 Å². The van der Waals surface area contributed by atoms with Crippen LogP contribution in [-0.2, 0) is 10.1 Å². The highest BCUT2D eigenvalue weighted by molar-refractivity contribution is 7.85. The van der Waals surface area contributed by atoms with Gasteiger partial charge in [0.15, 0.2) is 0 Å². The minimum Gasteiger partial charge on any atom is -0.326 e. The lowest BCUT2D eigenvalue weighted by Crippen LogP contribution is -2.37. The van der Waals surface area contributed by atoms with Crippen LogP contribution in [0.2, 0.25) is 0 Å². The molecule has 0 aromatic heterocycles. The molecule has 1 saturated carbocycles. The van der Waals surface area contributed by atoms with Crippen molar-refractivity contribution in [1.82, 2.24) is 0 Å². The van der Waals surface area contributed by atoms with E-state index < -0.39 is 16.2 Å². The van der Waals surface area contributed by atoms with Crippen LogP contribution in [0.4, 0.5) is 0 Å². The van der Waals surface area contributed by atoms with Crippen molar-refractivity contribution >= 4 is 10.1 Å². The van der Waals surface area contributed by atoms with Crippen molar-refractivity contribution in [3.63, 3.8) is 0 Å². The standard InChI is InChI=1S/C8H17NO3S/c9-8(6-13(10,11)12)7-4-2-1-3-5-7/h7-8H,1-6,9H2,(H,10,11,12)/t8-/m0/s1. The lowest BCUT2D eigenvalue weighted by Gasteiger charge is -2.26. The zero-order valence-electron chi connectivity index (χ0n) is 7.65. The Morgan fingerprint density at radius 1 is 1.31 bits per heavy atom. The van der Waals surface area contributed by atoms with Gasteiger partial charge in [0.05, 0.1) is 5.75 Å². The highest BCUT2D eigenvalue weighted by atomic mass is 32.2. The van der Waals surface area contributed by atoms with Crippen molar-refractivity contribution in [1.29, 1.82) is 0 Å². The van der Waals surface area contributed by atoms with Gasteiger partial charge in [-0.2, -0.15) is 8.42 Å². The molecule has 5 heteroatoms. The van der Waals surface area contributed by atoms with E-state index in [-0.39, 0.29) is 11.7 Å². The molecule has 0 aliphatic heterocycles. The monoisotopic (exact) mass is 207 g/mol. The fourth-order valence-corrected chi connectivity index (χ4v) is 2.70. The average molecular weight is 207 g/mol. The first-order valence-corrected chi connectivity index (χ1v) is 6.31. The van der Waals surface area contributed by atoms with Crippen LogP contribution in [0.5, 0.6) is 0 Å². The van der Waals surface area contributed by atoms with Gasteiger partial charge in [-0.25, -0.2) is 0 Å². The molecule has 78 valence electrons. The van der Waals surface area contributed by atoms with E-state index in [2.05, 4.69) is 0 Å². The minimum absolute atomic E-state index is 0.274. The third-order valence-corrected chi connectivity index (χ3v) is 3.46. The molecule has 0 unspecified atom stereocenters. The van der Waals surface area contributed by atoms with Gasteiger partial charge in [-0.1, -0.05) is 19.3 Å². The Labute approximate surface area is 79.3 Å². The first kappa shape index (κ1) is 10.9. The van der Waals surface area contributed by atoms with Crippen molar-refractivity contribution in [3.05, 3.63) is 0 Å². The highest BCUT2D eigenvalue weighted by Gasteiger charge is 2.24. The molecule has 0 heterocycles. The predicted molar refractivity (Wildman–Crippen MR) is 51.0 cm³/mol. The number of hydrogen-bond acceptors (Lipinski definition) is 3. The fraction of sp³-hybridized carbons (Fsp3) is 1.00. The van der Waals surface area contributed by atoms with E-state index in [4.69, 9.17) is 10.3 Å². The summed E-state index contributed by atoms with van der Waals surface area (Å²) in [6.45, 7) is 0. The topological polar surface area (TPSA) is 80.4 Å². The summed E-state index contributed by atoms with van der Waals surface area (Å²) in [4.78, 5) is 0. The minimum atomic E-state index is -3.90. The van der Waals surface area contributed by atoms with Crippen LogP contribution in [0, 0.1) is 5.92 Å². The average Bonchev–Trinajstić information content (AvgIpc) is 2.03. The molecule has 0 bridgehead atoms. The maximum absolute atomic E-state index is 10.6. The Bertz CT molecular complexity index is 244. The molecule has 3 N–H and O–H groups in total. The van der Waals surface area contributed by atoms with E-state index in [1.165, 1.54) is 6.42 Å². The van der Waals surface area contributed by atoms with E-state index in [0.29, 0.717) is 0 Å². The van der Waals surface area contributed by atoms with Crippen LogP contribution < -0.4 is 5.73 Å². The summed E-state index contributed by atoms with van der Waals surface area (Å²) < 4.78 is 29.7. The lowest BCUT2D eigenvalue weighted by atomic mass is 9.85. The molecule has 1 rings (SSSR count). The Balaban J connectivity index is 2.42.